The van der Waals surface area contributed by atoms with Crippen LogP contribution in [0.25, 0.3) is 0 Å². The van der Waals surface area contributed by atoms with Crippen LogP contribution in [0, 0.1) is 23.7 Å². The summed E-state index contributed by atoms with van der Waals surface area (Å²) in [7, 11) is 3.14. The number of urea groups is 1. The number of aliphatic hydroxyl groups excluding tert-OH is 2. The van der Waals surface area contributed by atoms with E-state index in [-0.39, 0.29) is 41.5 Å². The lowest BCUT2D eigenvalue weighted by atomic mass is 9.58. The number of hydrogen-bond acceptors (Lipinski definition) is 9. The number of primary amides is 1. The highest BCUT2D eigenvalue weighted by Gasteiger charge is 2.63. The molecule has 0 radical (unpaired) electrons. The Morgan fingerprint density at radius 3 is 2.43 bits per heavy atom. The van der Waals surface area contributed by atoms with Gasteiger partial charge in [-0.25, -0.2) is 4.79 Å². The van der Waals surface area contributed by atoms with Gasteiger partial charge in [0, 0.05) is 29.0 Å². The summed E-state index contributed by atoms with van der Waals surface area (Å²) in [4.78, 5) is 53.9. The Hall–Kier alpha value is -4.94. The fourth-order valence-corrected chi connectivity index (χ4v) is 7.25. The number of amides is 3. The van der Waals surface area contributed by atoms with Crippen molar-refractivity contribution in [2.45, 2.75) is 24.5 Å². The molecule has 2 unspecified atom stereocenters. The van der Waals surface area contributed by atoms with Crippen LogP contribution in [0.4, 0.5) is 10.5 Å². The molecule has 12 heteroatoms. The number of carbonyl (C=O) groups is 4. The molecule has 0 heterocycles. The second-order valence-electron chi connectivity index (χ2n) is 11.9. The Labute approximate surface area is 252 Å². The minimum Gasteiger partial charge on any atom is -0.510 e. The third-order valence-corrected chi connectivity index (χ3v) is 9.25. The molecular weight excluding hydrogens is 568 g/mol. The standard InChI is InChI=1S/C32H32N4O8/c1-36(2)24-18-13-16-12-15-10-11-20(35-31(43)34-19-9-5-7-14-6-3-4-8-17(14)19)25(37)21(15)26(38)22(16)28(40)32(18,44)29(41)23(27(24)39)30(33)42/h3-11,14,16-18,24,37,39-40,44H,12-13H2,1-2H3,(H2,33,42)(H2,34,35,43)/t14?,16-,17?,18-,24-,32-/m0/s1. The monoisotopic (exact) mass is 600 g/mol. The van der Waals surface area contributed by atoms with E-state index in [4.69, 9.17) is 5.73 Å². The number of carbonyl (C=O) groups excluding carboxylic acids is 4. The number of Topliss-reactive ketones (excluding diaryl/α,β-unsaturated/α-hetero) is 2. The quantitative estimate of drug-likeness (QED) is 0.199. The maximum atomic E-state index is 13.9. The predicted molar refractivity (Wildman–Crippen MR) is 158 cm³/mol. The second-order valence-corrected chi connectivity index (χ2v) is 11.9. The summed E-state index contributed by atoms with van der Waals surface area (Å²) in [6, 6.07) is 1.34. The number of rotatable bonds is 4. The predicted octanol–water partition coefficient (Wildman–Crippen LogP) is 2.05. The van der Waals surface area contributed by atoms with Gasteiger partial charge in [-0.1, -0.05) is 42.5 Å². The van der Waals surface area contributed by atoms with Crippen molar-refractivity contribution in [1.82, 2.24) is 10.2 Å². The van der Waals surface area contributed by atoms with Crippen molar-refractivity contribution >= 4 is 29.2 Å². The molecule has 6 rings (SSSR count). The molecular formula is C32H32N4O8. The van der Waals surface area contributed by atoms with E-state index < -0.39 is 69.8 Å². The van der Waals surface area contributed by atoms with Gasteiger partial charge < -0.3 is 36.8 Å². The van der Waals surface area contributed by atoms with E-state index in [1.54, 1.807) is 26.2 Å². The zero-order chi connectivity index (χ0) is 31.7. The third-order valence-electron chi connectivity index (χ3n) is 9.25. The Morgan fingerprint density at radius 1 is 1.02 bits per heavy atom. The van der Waals surface area contributed by atoms with Gasteiger partial charge in [-0.2, -0.15) is 0 Å². The Balaban J connectivity index is 1.33. The highest BCUT2D eigenvalue weighted by molar-refractivity contribution is 6.25. The molecule has 5 aliphatic rings. The van der Waals surface area contributed by atoms with Crippen molar-refractivity contribution in [3.05, 3.63) is 94.2 Å². The summed E-state index contributed by atoms with van der Waals surface area (Å²) in [5.41, 5.74) is 2.34. The van der Waals surface area contributed by atoms with E-state index in [0.29, 0.717) is 11.3 Å². The van der Waals surface area contributed by atoms with Crippen molar-refractivity contribution in [3.63, 3.8) is 0 Å². The number of likely N-dealkylation sites (N-methyl/N-ethyl adjacent to an activating group) is 1. The van der Waals surface area contributed by atoms with Crippen molar-refractivity contribution in [2.24, 2.45) is 29.4 Å². The molecule has 0 aromatic heterocycles. The molecule has 0 bridgehead atoms. The number of fused-ring (bicyclic) bond motifs is 4. The summed E-state index contributed by atoms with van der Waals surface area (Å²) in [5, 5.41) is 50.6. The maximum absolute atomic E-state index is 13.9. The number of nitrogens with two attached hydrogens (primary N) is 1. The summed E-state index contributed by atoms with van der Waals surface area (Å²) < 4.78 is 0. The fraction of sp³-hybridized carbons (Fsp3) is 0.312. The number of phenolic OH excluding ortho intramolecular Hbond substituents is 1. The molecule has 0 aliphatic heterocycles. The SMILES string of the molecule is CN(C)[C@@H]1C(O)=C(C(N)=O)C(=O)[C@@]2(O)C(O)=C3C(=O)c4c(ccc(NC(=O)NC5=CC=CC6C=CC=CC56)c4O)C[C@H]3C[C@@H]12. The highest BCUT2D eigenvalue weighted by atomic mass is 16.3. The molecule has 1 aromatic rings. The lowest BCUT2D eigenvalue weighted by Crippen LogP contribution is -2.63. The molecule has 0 saturated heterocycles. The zero-order valence-corrected chi connectivity index (χ0v) is 23.9. The van der Waals surface area contributed by atoms with Gasteiger partial charge in [-0.3, -0.25) is 19.3 Å². The van der Waals surface area contributed by atoms with Gasteiger partial charge in [0.2, 0.25) is 5.78 Å². The molecule has 8 N–H and O–H groups in total. The first kappa shape index (κ1) is 29.1. The van der Waals surface area contributed by atoms with E-state index in [9.17, 15) is 39.6 Å². The largest absolute Gasteiger partial charge is 0.510 e. The van der Waals surface area contributed by atoms with Crippen LogP contribution >= 0.6 is 0 Å². The van der Waals surface area contributed by atoms with Crippen LogP contribution in [-0.2, 0) is 16.0 Å². The molecule has 0 fully saturated rings. The van der Waals surface area contributed by atoms with Crippen LogP contribution < -0.4 is 16.4 Å². The molecule has 3 amide bonds. The van der Waals surface area contributed by atoms with E-state index in [1.165, 1.54) is 11.0 Å². The molecule has 5 aliphatic carbocycles. The number of hydrogen-bond donors (Lipinski definition) is 7. The summed E-state index contributed by atoms with van der Waals surface area (Å²) >= 11 is 0. The normalized spacial score (nSPS) is 30.4. The summed E-state index contributed by atoms with van der Waals surface area (Å²) in [6.45, 7) is 0. The highest BCUT2D eigenvalue weighted by Crippen LogP contribution is 2.52. The van der Waals surface area contributed by atoms with Gasteiger partial charge in [-0.05, 0) is 50.6 Å². The van der Waals surface area contributed by atoms with E-state index in [0.717, 1.165) is 0 Å². The summed E-state index contributed by atoms with van der Waals surface area (Å²) in [5.74, 6) is -7.30. The fourth-order valence-electron chi connectivity index (χ4n) is 7.25. The number of anilines is 1. The number of nitrogens with zero attached hydrogens (tertiary/aromatic N) is 1. The Bertz CT molecular complexity index is 1710. The minimum absolute atomic E-state index is 0.00964. The second kappa shape index (κ2) is 10.4. The topological polar surface area (TPSA) is 203 Å². The van der Waals surface area contributed by atoms with Crippen LogP contribution in [-0.4, -0.2) is 74.6 Å². The van der Waals surface area contributed by atoms with Crippen molar-refractivity contribution in [2.75, 3.05) is 19.4 Å². The van der Waals surface area contributed by atoms with Gasteiger partial charge in [0.05, 0.1) is 17.3 Å². The van der Waals surface area contributed by atoms with E-state index >= 15 is 0 Å². The van der Waals surface area contributed by atoms with Gasteiger partial charge in [0.1, 0.15) is 17.1 Å². The van der Waals surface area contributed by atoms with Crippen molar-refractivity contribution in [3.8, 4) is 5.75 Å². The number of phenols is 1. The van der Waals surface area contributed by atoms with Crippen LogP contribution in [0.3, 0.4) is 0 Å². The van der Waals surface area contributed by atoms with E-state index in [2.05, 4.69) is 10.6 Å². The van der Waals surface area contributed by atoms with Crippen molar-refractivity contribution < 1.29 is 39.6 Å². The smallest absolute Gasteiger partial charge is 0.323 e. The lowest BCUT2D eigenvalue weighted by Gasteiger charge is -2.50. The lowest BCUT2D eigenvalue weighted by molar-refractivity contribution is -0.148. The first-order valence-corrected chi connectivity index (χ1v) is 14.2. The molecule has 6 atom stereocenters. The Morgan fingerprint density at radius 2 is 1.73 bits per heavy atom. The molecule has 1 aromatic carbocycles. The number of ketones is 2. The van der Waals surface area contributed by atoms with Crippen LogP contribution in [0.2, 0.25) is 0 Å². The average Bonchev–Trinajstić information content (AvgIpc) is 2.96. The molecule has 0 spiro atoms. The molecule has 44 heavy (non-hydrogen) atoms. The number of aliphatic hydroxyl groups is 3. The van der Waals surface area contributed by atoms with Gasteiger partial charge in [0.25, 0.3) is 5.91 Å². The first-order chi connectivity index (χ1) is 20.9. The Kier molecular flexibility index (Phi) is 6.86. The summed E-state index contributed by atoms with van der Waals surface area (Å²) in [6.07, 6.45) is 13.6. The third kappa shape index (κ3) is 4.20. The number of benzene rings is 1. The molecule has 228 valence electrons. The van der Waals surface area contributed by atoms with Gasteiger partial charge in [-0.15, -0.1) is 0 Å². The number of allylic oxidation sites excluding steroid dienone is 8. The first-order valence-electron chi connectivity index (χ1n) is 14.2. The average molecular weight is 601 g/mol. The van der Waals surface area contributed by atoms with Crippen LogP contribution in [0.15, 0.2) is 83.0 Å². The van der Waals surface area contributed by atoms with Gasteiger partial charge >= 0.3 is 6.03 Å². The van der Waals surface area contributed by atoms with Crippen LogP contribution in [0.5, 0.6) is 5.75 Å². The van der Waals surface area contributed by atoms with Gasteiger partial charge in [0.15, 0.2) is 17.1 Å². The maximum Gasteiger partial charge on any atom is 0.323 e. The van der Waals surface area contributed by atoms with Crippen molar-refractivity contribution in [1.29, 1.82) is 0 Å². The number of nitrogens with one attached hydrogen (secondary N) is 2. The zero-order valence-electron chi connectivity index (χ0n) is 23.9. The molecule has 12 nitrogen and oxygen atoms in total. The van der Waals surface area contributed by atoms with E-state index in [1.807, 2.05) is 36.5 Å². The molecule has 0 saturated carbocycles. The number of aromatic hydroxyl groups is 1. The minimum atomic E-state index is -2.72. The van der Waals surface area contributed by atoms with Crippen LogP contribution in [0.1, 0.15) is 22.3 Å².